The largest absolute Gasteiger partial charge is 0.418 e. The lowest BCUT2D eigenvalue weighted by Crippen LogP contribution is -2.20. The summed E-state index contributed by atoms with van der Waals surface area (Å²) in [5.41, 5.74) is -4.76. The number of aryl methyl sites for hydroxylation is 1. The van der Waals surface area contributed by atoms with E-state index in [1.54, 1.807) is 0 Å². The number of alkyl halides is 6. The van der Waals surface area contributed by atoms with Crippen molar-refractivity contribution in [1.29, 1.82) is 0 Å². The molecule has 14 heteroatoms. The summed E-state index contributed by atoms with van der Waals surface area (Å²) in [6.07, 6.45) is -9.67. The molecule has 164 valence electrons. The van der Waals surface area contributed by atoms with Crippen LogP contribution in [0.2, 0.25) is 0 Å². The molecule has 2 aromatic carbocycles. The second-order valence-corrected chi connectivity index (χ2v) is 7.21. The number of nitrogens with zero attached hydrogens (tertiary/aromatic N) is 3. The Balaban J connectivity index is 2.15. The zero-order chi connectivity index (χ0) is 23.1. The third-order valence-electron chi connectivity index (χ3n) is 4.02. The van der Waals surface area contributed by atoms with Crippen molar-refractivity contribution >= 4 is 17.4 Å². The zero-order valence-corrected chi connectivity index (χ0v) is 16.0. The lowest BCUT2D eigenvalue weighted by molar-refractivity contribution is -0.388. The van der Waals surface area contributed by atoms with Gasteiger partial charge in [0.25, 0.3) is 5.69 Å². The molecule has 0 aliphatic carbocycles. The third-order valence-corrected chi connectivity index (χ3v) is 5.05. The Bertz CT molecular complexity index is 1220. The average molecular weight is 464 g/mol. The van der Waals surface area contributed by atoms with Crippen molar-refractivity contribution < 1.29 is 31.3 Å². The highest BCUT2D eigenvalue weighted by atomic mass is 32.2. The molecule has 0 amide bonds. The molecule has 0 aliphatic rings. The number of aromatic nitrogens is 3. The summed E-state index contributed by atoms with van der Waals surface area (Å²) in [5.74, 6) is 0. The summed E-state index contributed by atoms with van der Waals surface area (Å²) in [4.78, 5) is 22.0. The molecule has 0 spiro atoms. The summed E-state index contributed by atoms with van der Waals surface area (Å²) in [5, 5.41) is 16.4. The Labute approximate surface area is 172 Å². The molecule has 0 aliphatic heterocycles. The molecule has 1 aromatic heterocycles. The van der Waals surface area contributed by atoms with E-state index in [0.717, 1.165) is 18.2 Å². The summed E-state index contributed by atoms with van der Waals surface area (Å²) in [6, 6.07) is 4.82. The van der Waals surface area contributed by atoms with Crippen molar-refractivity contribution in [3.8, 4) is 5.69 Å². The molecule has 7 nitrogen and oxygen atoms in total. The third kappa shape index (κ3) is 4.57. The number of H-pyrrole nitrogens is 1. The van der Waals surface area contributed by atoms with Crippen LogP contribution in [0, 0.1) is 17.0 Å². The van der Waals surface area contributed by atoms with Gasteiger partial charge in [0, 0.05) is 6.07 Å². The van der Waals surface area contributed by atoms with Crippen LogP contribution in [-0.2, 0) is 12.4 Å². The second kappa shape index (κ2) is 7.76. The smallest absolute Gasteiger partial charge is 0.258 e. The lowest BCUT2D eigenvalue weighted by Gasteiger charge is -2.15. The minimum atomic E-state index is -4.84. The van der Waals surface area contributed by atoms with Crippen LogP contribution in [0.1, 0.15) is 16.7 Å². The fourth-order valence-corrected chi connectivity index (χ4v) is 3.59. The number of hydrogen-bond donors (Lipinski definition) is 1. The maximum absolute atomic E-state index is 13.5. The fourth-order valence-electron chi connectivity index (χ4n) is 2.66. The molecule has 0 bridgehead atoms. The number of nitrogens with one attached hydrogen (secondary N) is 1. The van der Waals surface area contributed by atoms with Gasteiger partial charge in [-0.1, -0.05) is 11.6 Å². The first-order chi connectivity index (χ1) is 14.3. The monoisotopic (exact) mass is 464 g/mol. The number of nitro benzene ring substituents is 1. The first kappa shape index (κ1) is 22.4. The van der Waals surface area contributed by atoms with Crippen LogP contribution in [0.3, 0.4) is 0 Å². The minimum Gasteiger partial charge on any atom is -0.258 e. The number of rotatable bonds is 4. The Morgan fingerprint density at radius 1 is 1.06 bits per heavy atom. The van der Waals surface area contributed by atoms with Crippen molar-refractivity contribution in [3.63, 3.8) is 0 Å². The predicted molar refractivity (Wildman–Crippen MR) is 96.1 cm³/mol. The molecule has 0 radical (unpaired) electrons. The van der Waals surface area contributed by atoms with E-state index in [1.165, 1.54) is 13.0 Å². The van der Waals surface area contributed by atoms with Gasteiger partial charge in [0.2, 0.25) is 5.16 Å². The number of benzene rings is 2. The van der Waals surface area contributed by atoms with Gasteiger partial charge in [-0.05, 0) is 43.0 Å². The summed E-state index contributed by atoms with van der Waals surface area (Å²) in [6.45, 7) is 1.42. The van der Waals surface area contributed by atoms with Crippen LogP contribution in [0.5, 0.6) is 0 Å². The van der Waals surface area contributed by atoms with Crippen LogP contribution < -0.4 is 5.69 Å². The van der Waals surface area contributed by atoms with E-state index in [1.807, 2.05) is 5.10 Å². The first-order valence-electron chi connectivity index (χ1n) is 8.18. The second-order valence-electron chi connectivity index (χ2n) is 6.20. The molecule has 1 N–H and O–H groups in total. The Morgan fingerprint density at radius 2 is 1.74 bits per heavy atom. The molecule has 0 saturated carbocycles. The number of hydrogen-bond acceptors (Lipinski definition) is 5. The SMILES string of the molecule is Cc1ccc(-n2c(Sc3ccc(C(F)(F)F)cc3[N+](=O)[O-])n[nH]c2=O)c(C(F)(F)F)c1. The van der Waals surface area contributed by atoms with Crippen molar-refractivity contribution in [2.24, 2.45) is 0 Å². The molecule has 3 rings (SSSR count). The number of aromatic amines is 1. The fraction of sp³-hybridized carbons (Fsp3) is 0.176. The summed E-state index contributed by atoms with van der Waals surface area (Å²) < 4.78 is 79.6. The van der Waals surface area contributed by atoms with E-state index in [2.05, 4.69) is 5.10 Å². The summed E-state index contributed by atoms with van der Waals surface area (Å²) in [7, 11) is 0. The minimum absolute atomic E-state index is 0.264. The van der Waals surface area contributed by atoms with Gasteiger partial charge in [0.05, 0.1) is 26.6 Å². The molecule has 31 heavy (non-hydrogen) atoms. The highest BCUT2D eigenvalue weighted by Gasteiger charge is 2.36. The highest BCUT2D eigenvalue weighted by Crippen LogP contribution is 2.40. The topological polar surface area (TPSA) is 93.8 Å². The van der Waals surface area contributed by atoms with Gasteiger partial charge >= 0.3 is 18.0 Å². The van der Waals surface area contributed by atoms with Gasteiger partial charge in [-0.25, -0.2) is 14.5 Å². The molecule has 0 fully saturated rings. The first-order valence-corrected chi connectivity index (χ1v) is 9.00. The highest BCUT2D eigenvalue weighted by molar-refractivity contribution is 7.99. The van der Waals surface area contributed by atoms with Crippen molar-refractivity contribution in [2.45, 2.75) is 29.3 Å². The quantitative estimate of drug-likeness (QED) is 0.335. The molecule has 0 unspecified atom stereocenters. The maximum atomic E-state index is 13.5. The van der Waals surface area contributed by atoms with E-state index < -0.39 is 50.6 Å². The molecular formula is C17H10F6N4O3S. The zero-order valence-electron chi connectivity index (χ0n) is 15.2. The predicted octanol–water partition coefficient (Wildman–Crippen LogP) is 4.97. The van der Waals surface area contributed by atoms with E-state index >= 15 is 0 Å². The van der Waals surface area contributed by atoms with Crippen LogP contribution in [-0.4, -0.2) is 19.7 Å². The Kier molecular flexibility index (Phi) is 5.60. The number of halogens is 6. The van der Waals surface area contributed by atoms with Gasteiger partial charge in [-0.3, -0.25) is 10.1 Å². The van der Waals surface area contributed by atoms with Crippen LogP contribution in [0.15, 0.2) is 51.2 Å². The molecule has 3 aromatic rings. The maximum Gasteiger partial charge on any atom is 0.418 e. The standard InChI is InChI=1S/C17H10F6N4O3S/c1-8-2-4-11(10(6-8)17(21,22)23)26-14(28)24-25-15(26)31-13-5-3-9(16(18,19)20)7-12(13)27(29)30/h2-7H,1H3,(H,24,28). The molecular weight excluding hydrogens is 454 g/mol. The van der Waals surface area contributed by atoms with E-state index in [4.69, 9.17) is 0 Å². The van der Waals surface area contributed by atoms with Gasteiger partial charge in [0.15, 0.2) is 0 Å². The van der Waals surface area contributed by atoms with Crippen LogP contribution >= 0.6 is 11.8 Å². The van der Waals surface area contributed by atoms with Crippen molar-refractivity contribution in [3.05, 3.63) is 73.7 Å². The van der Waals surface area contributed by atoms with Crippen molar-refractivity contribution in [1.82, 2.24) is 14.8 Å². The molecule has 1 heterocycles. The summed E-state index contributed by atoms with van der Waals surface area (Å²) >= 11 is 0.372. The average Bonchev–Trinajstić information content (AvgIpc) is 3.00. The van der Waals surface area contributed by atoms with Crippen molar-refractivity contribution in [2.75, 3.05) is 0 Å². The molecule has 0 saturated heterocycles. The van der Waals surface area contributed by atoms with Crippen LogP contribution in [0.4, 0.5) is 32.0 Å². The van der Waals surface area contributed by atoms with Crippen LogP contribution in [0.25, 0.3) is 5.69 Å². The number of nitro groups is 1. The van der Waals surface area contributed by atoms with E-state index in [-0.39, 0.29) is 10.5 Å². The van der Waals surface area contributed by atoms with E-state index in [0.29, 0.717) is 28.5 Å². The van der Waals surface area contributed by atoms with Gasteiger partial charge in [-0.2, -0.15) is 26.3 Å². The van der Waals surface area contributed by atoms with Gasteiger partial charge < -0.3 is 0 Å². The normalized spacial score (nSPS) is 12.2. The molecule has 0 atom stereocenters. The Hall–Kier alpha value is -3.29. The van der Waals surface area contributed by atoms with Gasteiger partial charge in [-0.15, -0.1) is 5.10 Å². The Morgan fingerprint density at radius 3 is 2.32 bits per heavy atom. The van der Waals surface area contributed by atoms with Gasteiger partial charge in [0.1, 0.15) is 0 Å². The lowest BCUT2D eigenvalue weighted by atomic mass is 10.1. The van der Waals surface area contributed by atoms with E-state index in [9.17, 15) is 41.3 Å².